The molecule has 0 nitrogen and oxygen atoms in total. The lowest BCUT2D eigenvalue weighted by molar-refractivity contribution is 0.330. The zero-order valence-corrected chi connectivity index (χ0v) is 11.1. The Morgan fingerprint density at radius 3 is 2.53 bits per heavy atom. The van der Waals surface area contributed by atoms with Gasteiger partial charge in [-0.3, -0.25) is 0 Å². The van der Waals surface area contributed by atoms with E-state index in [0.29, 0.717) is 0 Å². The van der Waals surface area contributed by atoms with Crippen molar-refractivity contribution >= 4 is 23.2 Å². The lowest BCUT2D eigenvalue weighted by Crippen LogP contribution is -2.25. The number of hydrogen-bond acceptors (Lipinski definition) is 0. The third kappa shape index (κ3) is 3.70. The van der Waals surface area contributed by atoms with Gasteiger partial charge in [-0.05, 0) is 36.0 Å². The predicted molar refractivity (Wildman–Crippen MR) is 68.9 cm³/mol. The highest BCUT2D eigenvalue weighted by atomic mass is 35.5. The van der Waals surface area contributed by atoms with Gasteiger partial charge in [-0.15, -0.1) is 11.6 Å². The largest absolute Gasteiger partial charge is 0.122 e. The first-order chi connectivity index (χ1) is 6.95. The number of halogens is 2. The molecule has 0 aliphatic heterocycles. The van der Waals surface area contributed by atoms with Gasteiger partial charge in [0.15, 0.2) is 0 Å². The highest BCUT2D eigenvalue weighted by Crippen LogP contribution is 2.31. The van der Waals surface area contributed by atoms with Gasteiger partial charge in [0.2, 0.25) is 0 Å². The van der Waals surface area contributed by atoms with Gasteiger partial charge in [0.25, 0.3) is 0 Å². The van der Waals surface area contributed by atoms with Crippen molar-refractivity contribution in [3.63, 3.8) is 0 Å². The van der Waals surface area contributed by atoms with E-state index >= 15 is 0 Å². The number of hydrogen-bond donors (Lipinski definition) is 0. The Hall–Kier alpha value is -0.200. The van der Waals surface area contributed by atoms with E-state index in [1.165, 1.54) is 5.56 Å². The van der Waals surface area contributed by atoms with E-state index in [4.69, 9.17) is 23.2 Å². The molecule has 0 radical (unpaired) electrons. The van der Waals surface area contributed by atoms with Gasteiger partial charge in [-0.25, -0.2) is 0 Å². The fraction of sp³-hybridized carbons (Fsp3) is 0.538. The van der Waals surface area contributed by atoms with Crippen LogP contribution in [0.2, 0.25) is 5.02 Å². The van der Waals surface area contributed by atoms with Gasteiger partial charge in [-0.1, -0.05) is 44.5 Å². The Morgan fingerprint density at radius 1 is 1.33 bits per heavy atom. The fourth-order valence-corrected chi connectivity index (χ4v) is 1.91. The second-order valence-electron chi connectivity index (χ2n) is 4.64. The molecular formula is C13H18Cl2. The van der Waals surface area contributed by atoms with Crippen molar-refractivity contribution in [2.24, 2.45) is 5.41 Å². The Kier molecular flexibility index (Phi) is 4.48. The minimum absolute atomic E-state index is 0.154. The third-order valence-corrected chi connectivity index (χ3v) is 4.04. The summed E-state index contributed by atoms with van der Waals surface area (Å²) >= 11 is 12.3. The minimum Gasteiger partial charge on any atom is -0.122 e. The summed E-state index contributed by atoms with van der Waals surface area (Å²) in [5.41, 5.74) is 1.38. The van der Waals surface area contributed by atoms with Crippen molar-refractivity contribution in [1.29, 1.82) is 0 Å². The Morgan fingerprint density at radius 2 is 2.00 bits per heavy atom. The topological polar surface area (TPSA) is 0 Å². The van der Waals surface area contributed by atoms with Gasteiger partial charge in [-0.2, -0.15) is 0 Å². The second kappa shape index (κ2) is 5.23. The van der Waals surface area contributed by atoms with Gasteiger partial charge >= 0.3 is 0 Å². The molecule has 2 heteroatoms. The summed E-state index contributed by atoms with van der Waals surface area (Å²) in [5, 5.41) is 0.937. The molecule has 1 aromatic carbocycles. The molecule has 0 heterocycles. The quantitative estimate of drug-likeness (QED) is 0.660. The standard InChI is InChI=1S/C13H18Cl2/c1-4-13(2,3)12(15)9-10-6-5-7-11(14)8-10/h5-8,12H,4,9H2,1-3H3. The molecule has 0 bridgehead atoms. The smallest absolute Gasteiger partial charge is 0.0427 e. The molecule has 1 atom stereocenters. The van der Waals surface area contributed by atoms with Crippen molar-refractivity contribution < 1.29 is 0 Å². The van der Waals surface area contributed by atoms with E-state index in [-0.39, 0.29) is 10.8 Å². The first-order valence-electron chi connectivity index (χ1n) is 5.34. The van der Waals surface area contributed by atoms with Crippen LogP contribution in [0.4, 0.5) is 0 Å². The Labute approximate surface area is 103 Å². The molecule has 0 N–H and O–H groups in total. The van der Waals surface area contributed by atoms with Crippen LogP contribution in [0.25, 0.3) is 0 Å². The highest BCUT2D eigenvalue weighted by molar-refractivity contribution is 6.30. The predicted octanol–water partition coefficient (Wildman–Crippen LogP) is 4.93. The fourth-order valence-electron chi connectivity index (χ4n) is 1.37. The molecule has 0 fully saturated rings. The summed E-state index contributed by atoms with van der Waals surface area (Å²) in [4.78, 5) is 0. The van der Waals surface area contributed by atoms with Crippen LogP contribution in [0, 0.1) is 5.41 Å². The SMILES string of the molecule is CCC(C)(C)C(Cl)Cc1cccc(Cl)c1. The summed E-state index contributed by atoms with van der Waals surface area (Å²) in [5.74, 6) is 0. The summed E-state index contributed by atoms with van der Waals surface area (Å²) in [7, 11) is 0. The monoisotopic (exact) mass is 244 g/mol. The van der Waals surface area contributed by atoms with Crippen LogP contribution in [0.5, 0.6) is 0 Å². The molecule has 0 saturated carbocycles. The average Bonchev–Trinajstić information content (AvgIpc) is 2.17. The number of benzene rings is 1. The van der Waals surface area contributed by atoms with Crippen LogP contribution in [0.15, 0.2) is 24.3 Å². The summed E-state index contributed by atoms with van der Waals surface area (Å²) in [6, 6.07) is 7.93. The molecular weight excluding hydrogens is 227 g/mol. The molecule has 1 unspecified atom stereocenters. The van der Waals surface area contributed by atoms with Crippen LogP contribution in [0.3, 0.4) is 0 Å². The summed E-state index contributed by atoms with van der Waals surface area (Å²) < 4.78 is 0. The van der Waals surface area contributed by atoms with E-state index < -0.39 is 0 Å². The van der Waals surface area contributed by atoms with Crippen molar-refractivity contribution in [2.75, 3.05) is 0 Å². The zero-order chi connectivity index (χ0) is 11.5. The molecule has 1 rings (SSSR count). The maximum absolute atomic E-state index is 6.42. The van der Waals surface area contributed by atoms with Crippen LogP contribution < -0.4 is 0 Å². The summed E-state index contributed by atoms with van der Waals surface area (Å²) in [6.45, 7) is 6.58. The molecule has 0 aliphatic rings. The van der Waals surface area contributed by atoms with Crippen LogP contribution in [-0.2, 0) is 6.42 Å². The van der Waals surface area contributed by atoms with Crippen molar-refractivity contribution in [1.82, 2.24) is 0 Å². The molecule has 0 aromatic heterocycles. The van der Waals surface area contributed by atoms with E-state index in [0.717, 1.165) is 17.9 Å². The highest BCUT2D eigenvalue weighted by Gasteiger charge is 2.25. The molecule has 0 aliphatic carbocycles. The maximum atomic E-state index is 6.42. The molecule has 84 valence electrons. The number of alkyl halides is 1. The molecule has 0 spiro atoms. The Balaban J connectivity index is 2.70. The van der Waals surface area contributed by atoms with Crippen molar-refractivity contribution in [3.05, 3.63) is 34.9 Å². The maximum Gasteiger partial charge on any atom is 0.0427 e. The van der Waals surface area contributed by atoms with E-state index in [2.05, 4.69) is 26.8 Å². The second-order valence-corrected chi connectivity index (χ2v) is 5.61. The Bertz CT molecular complexity index is 318. The van der Waals surface area contributed by atoms with Gasteiger partial charge in [0, 0.05) is 10.4 Å². The molecule has 1 aromatic rings. The first-order valence-corrected chi connectivity index (χ1v) is 6.15. The minimum atomic E-state index is 0.154. The van der Waals surface area contributed by atoms with Crippen molar-refractivity contribution in [3.8, 4) is 0 Å². The molecule has 0 amide bonds. The first kappa shape index (κ1) is 12.9. The van der Waals surface area contributed by atoms with Gasteiger partial charge < -0.3 is 0 Å². The van der Waals surface area contributed by atoms with Gasteiger partial charge in [0.1, 0.15) is 0 Å². The van der Waals surface area contributed by atoms with E-state index in [9.17, 15) is 0 Å². The lowest BCUT2D eigenvalue weighted by Gasteiger charge is -2.28. The van der Waals surface area contributed by atoms with E-state index in [1.807, 2.05) is 18.2 Å². The lowest BCUT2D eigenvalue weighted by atomic mass is 9.83. The normalized spacial score (nSPS) is 13.9. The third-order valence-electron chi connectivity index (χ3n) is 3.06. The molecule has 15 heavy (non-hydrogen) atoms. The average molecular weight is 245 g/mol. The van der Waals surface area contributed by atoms with Crippen molar-refractivity contribution in [2.45, 2.75) is 39.0 Å². The molecule has 0 saturated heterocycles. The number of rotatable bonds is 4. The zero-order valence-electron chi connectivity index (χ0n) is 9.56. The van der Waals surface area contributed by atoms with Crippen LogP contribution in [-0.4, -0.2) is 5.38 Å². The van der Waals surface area contributed by atoms with Gasteiger partial charge in [0.05, 0.1) is 0 Å². The van der Waals surface area contributed by atoms with Crippen LogP contribution in [0.1, 0.15) is 32.8 Å². The van der Waals surface area contributed by atoms with E-state index in [1.54, 1.807) is 0 Å². The van der Waals surface area contributed by atoms with Crippen LogP contribution >= 0.6 is 23.2 Å². The summed E-state index contributed by atoms with van der Waals surface area (Å²) in [6.07, 6.45) is 1.96.